The summed E-state index contributed by atoms with van der Waals surface area (Å²) in [6.45, 7) is 2.09. The van der Waals surface area contributed by atoms with Gasteiger partial charge >= 0.3 is 0 Å². The molecule has 16 heavy (non-hydrogen) atoms. The van der Waals surface area contributed by atoms with Gasteiger partial charge in [-0.05, 0) is 18.3 Å². The lowest BCUT2D eigenvalue weighted by Crippen LogP contribution is -2.45. The molecule has 0 saturated heterocycles. The van der Waals surface area contributed by atoms with Gasteiger partial charge in [0.05, 0.1) is 4.92 Å². The highest BCUT2D eigenvalue weighted by Gasteiger charge is 2.40. The van der Waals surface area contributed by atoms with Crippen LogP contribution in [0, 0.1) is 16.0 Å². The molecule has 86 valence electrons. The minimum atomic E-state index is -0.300. The molecule has 0 bridgehead atoms. The topological polar surface area (TPSA) is 69.2 Å². The summed E-state index contributed by atoms with van der Waals surface area (Å²) >= 11 is 0. The van der Waals surface area contributed by atoms with Crippen molar-refractivity contribution < 1.29 is 4.92 Å². The summed E-state index contributed by atoms with van der Waals surface area (Å²) in [5.41, 5.74) is 7.00. The number of hydrogen-bond acceptors (Lipinski definition) is 3. The van der Waals surface area contributed by atoms with Gasteiger partial charge in [-0.1, -0.05) is 31.5 Å². The Labute approximate surface area is 94.6 Å². The van der Waals surface area contributed by atoms with Gasteiger partial charge in [0, 0.05) is 17.7 Å². The zero-order valence-corrected chi connectivity index (χ0v) is 9.30. The summed E-state index contributed by atoms with van der Waals surface area (Å²) in [5.74, 6) is 0.655. The molecule has 1 aromatic rings. The summed E-state index contributed by atoms with van der Waals surface area (Å²) in [6, 6.07) is 7.21. The van der Waals surface area contributed by atoms with E-state index < -0.39 is 0 Å². The van der Waals surface area contributed by atoms with Gasteiger partial charge in [-0.15, -0.1) is 0 Å². The van der Waals surface area contributed by atoms with E-state index in [0.717, 1.165) is 18.4 Å². The summed E-state index contributed by atoms with van der Waals surface area (Å²) < 4.78 is 0. The molecular formula is C12H16N2O2. The number of nitro benzene ring substituents is 1. The fourth-order valence-electron chi connectivity index (χ4n) is 2.66. The zero-order chi connectivity index (χ0) is 11.7. The fraction of sp³-hybridized carbons (Fsp3) is 0.500. The average molecular weight is 220 g/mol. The van der Waals surface area contributed by atoms with Crippen molar-refractivity contribution in [2.45, 2.75) is 31.7 Å². The van der Waals surface area contributed by atoms with Crippen LogP contribution in [0.25, 0.3) is 0 Å². The van der Waals surface area contributed by atoms with Crippen LogP contribution in [0.2, 0.25) is 0 Å². The number of rotatable bonds is 3. The van der Waals surface area contributed by atoms with Crippen molar-refractivity contribution in [3.8, 4) is 0 Å². The highest BCUT2D eigenvalue weighted by atomic mass is 16.6. The number of hydrogen-bond donors (Lipinski definition) is 1. The second-order valence-electron chi connectivity index (χ2n) is 4.39. The molecule has 4 heteroatoms. The molecule has 3 atom stereocenters. The summed E-state index contributed by atoms with van der Waals surface area (Å²) in [7, 11) is 0. The molecule has 0 aromatic heterocycles. The van der Waals surface area contributed by atoms with Gasteiger partial charge in [0.15, 0.2) is 0 Å². The molecular weight excluding hydrogens is 204 g/mol. The molecule has 1 aromatic carbocycles. The maximum absolute atomic E-state index is 10.9. The van der Waals surface area contributed by atoms with Crippen molar-refractivity contribution in [3.63, 3.8) is 0 Å². The lowest BCUT2D eigenvalue weighted by Gasteiger charge is -2.42. The molecule has 4 nitrogen and oxygen atoms in total. The van der Waals surface area contributed by atoms with Crippen LogP contribution < -0.4 is 5.73 Å². The van der Waals surface area contributed by atoms with Crippen LogP contribution in [0.15, 0.2) is 24.3 Å². The Morgan fingerprint density at radius 3 is 2.75 bits per heavy atom. The summed E-state index contributed by atoms with van der Waals surface area (Å²) in [5, 5.41) is 10.9. The Kier molecular flexibility index (Phi) is 2.92. The molecule has 0 amide bonds. The van der Waals surface area contributed by atoms with Gasteiger partial charge < -0.3 is 5.73 Å². The maximum Gasteiger partial charge on any atom is 0.272 e. The first-order valence-electron chi connectivity index (χ1n) is 5.64. The van der Waals surface area contributed by atoms with Crippen molar-refractivity contribution >= 4 is 5.69 Å². The van der Waals surface area contributed by atoms with Crippen LogP contribution in [0.5, 0.6) is 0 Å². The fourth-order valence-corrected chi connectivity index (χ4v) is 2.66. The Hall–Kier alpha value is -1.42. The SMILES string of the molecule is CCC1C(N)CC1c1ccccc1[N+](=O)[O-]. The molecule has 3 unspecified atom stereocenters. The minimum absolute atomic E-state index is 0.204. The van der Waals surface area contributed by atoms with E-state index in [0.29, 0.717) is 5.92 Å². The van der Waals surface area contributed by atoms with E-state index in [1.807, 2.05) is 12.1 Å². The third-order valence-electron chi connectivity index (χ3n) is 3.60. The number of para-hydroxylation sites is 1. The smallest absolute Gasteiger partial charge is 0.272 e. The average Bonchev–Trinajstić information content (AvgIpc) is 2.26. The molecule has 1 fully saturated rings. The van der Waals surface area contributed by atoms with E-state index in [1.54, 1.807) is 12.1 Å². The van der Waals surface area contributed by atoms with E-state index >= 15 is 0 Å². The van der Waals surface area contributed by atoms with Crippen LogP contribution >= 0.6 is 0 Å². The third-order valence-corrected chi connectivity index (χ3v) is 3.60. The Bertz CT molecular complexity index is 406. The van der Waals surface area contributed by atoms with Gasteiger partial charge in [-0.3, -0.25) is 10.1 Å². The highest BCUT2D eigenvalue weighted by Crippen LogP contribution is 2.46. The molecule has 2 rings (SSSR count). The Morgan fingerprint density at radius 1 is 1.50 bits per heavy atom. The van der Waals surface area contributed by atoms with Crippen LogP contribution in [0.4, 0.5) is 5.69 Å². The van der Waals surface area contributed by atoms with E-state index in [9.17, 15) is 10.1 Å². The number of nitrogens with two attached hydrogens (primary N) is 1. The van der Waals surface area contributed by atoms with Crippen molar-refractivity contribution in [1.82, 2.24) is 0 Å². The first kappa shape index (κ1) is 11.1. The molecule has 0 spiro atoms. The summed E-state index contributed by atoms with van der Waals surface area (Å²) in [4.78, 5) is 10.6. The predicted molar refractivity (Wildman–Crippen MR) is 62.2 cm³/mol. The van der Waals surface area contributed by atoms with Crippen LogP contribution in [0.3, 0.4) is 0 Å². The van der Waals surface area contributed by atoms with Gasteiger partial charge in [-0.25, -0.2) is 0 Å². The highest BCUT2D eigenvalue weighted by molar-refractivity contribution is 5.44. The van der Waals surface area contributed by atoms with Crippen molar-refractivity contribution in [2.75, 3.05) is 0 Å². The van der Waals surface area contributed by atoms with Crippen molar-refractivity contribution in [1.29, 1.82) is 0 Å². The standard InChI is InChI=1S/C12H16N2O2/c1-2-8-10(7-11(8)13)9-5-3-4-6-12(9)14(15)16/h3-6,8,10-11H,2,7,13H2,1H3. The van der Waals surface area contributed by atoms with Crippen LogP contribution in [-0.4, -0.2) is 11.0 Å². The minimum Gasteiger partial charge on any atom is -0.327 e. The number of nitro groups is 1. The van der Waals surface area contributed by atoms with E-state index in [4.69, 9.17) is 5.73 Å². The quantitative estimate of drug-likeness (QED) is 0.628. The van der Waals surface area contributed by atoms with Crippen molar-refractivity contribution in [3.05, 3.63) is 39.9 Å². The molecule has 1 aliphatic carbocycles. The van der Waals surface area contributed by atoms with E-state index in [-0.39, 0.29) is 22.6 Å². The molecule has 1 saturated carbocycles. The predicted octanol–water partition coefficient (Wildman–Crippen LogP) is 2.44. The number of nitrogens with zero attached hydrogens (tertiary/aromatic N) is 1. The summed E-state index contributed by atoms with van der Waals surface area (Å²) in [6.07, 6.45) is 1.85. The molecule has 0 aliphatic heterocycles. The van der Waals surface area contributed by atoms with Gasteiger partial charge in [0.2, 0.25) is 0 Å². The monoisotopic (exact) mass is 220 g/mol. The van der Waals surface area contributed by atoms with Gasteiger partial charge in [-0.2, -0.15) is 0 Å². The maximum atomic E-state index is 10.9. The second-order valence-corrected chi connectivity index (χ2v) is 4.39. The lowest BCUT2D eigenvalue weighted by atomic mass is 9.65. The van der Waals surface area contributed by atoms with E-state index in [1.165, 1.54) is 0 Å². The molecule has 2 N–H and O–H groups in total. The lowest BCUT2D eigenvalue weighted by molar-refractivity contribution is -0.386. The normalized spacial score (nSPS) is 28.5. The largest absolute Gasteiger partial charge is 0.327 e. The Morgan fingerprint density at radius 2 is 2.19 bits per heavy atom. The molecule has 0 radical (unpaired) electrons. The van der Waals surface area contributed by atoms with E-state index in [2.05, 4.69) is 6.92 Å². The van der Waals surface area contributed by atoms with Gasteiger partial charge in [0.25, 0.3) is 5.69 Å². The zero-order valence-electron chi connectivity index (χ0n) is 9.30. The van der Waals surface area contributed by atoms with Crippen LogP contribution in [-0.2, 0) is 0 Å². The van der Waals surface area contributed by atoms with Gasteiger partial charge in [0.1, 0.15) is 0 Å². The number of benzene rings is 1. The second kappa shape index (κ2) is 4.22. The van der Waals surface area contributed by atoms with Crippen LogP contribution in [0.1, 0.15) is 31.2 Å². The Balaban J connectivity index is 2.31. The molecule has 1 aliphatic rings. The first-order valence-corrected chi connectivity index (χ1v) is 5.64. The third kappa shape index (κ3) is 1.69. The van der Waals surface area contributed by atoms with Crippen molar-refractivity contribution in [2.24, 2.45) is 11.7 Å². The first-order chi connectivity index (χ1) is 7.65. The molecule has 0 heterocycles.